The van der Waals surface area contributed by atoms with Gasteiger partial charge in [0.2, 0.25) is 16.0 Å². The molecule has 0 aliphatic carbocycles. The summed E-state index contributed by atoms with van der Waals surface area (Å²) in [7, 11) is -3.91. The summed E-state index contributed by atoms with van der Waals surface area (Å²) in [5.41, 5.74) is 0.234. The molecule has 0 atom stereocenters. The van der Waals surface area contributed by atoms with Gasteiger partial charge >= 0.3 is 0 Å². The maximum Gasteiger partial charge on any atom is 0.270 e. The summed E-state index contributed by atoms with van der Waals surface area (Å²) in [6, 6.07) is 5.83. The highest BCUT2D eigenvalue weighted by Crippen LogP contribution is 2.32. The molecule has 2 aliphatic rings. The molecule has 0 amide bonds. The Morgan fingerprint density at radius 2 is 1.65 bits per heavy atom. The molecule has 2 aliphatic heterocycles. The van der Waals surface area contributed by atoms with Crippen molar-refractivity contribution in [3.05, 3.63) is 46.8 Å². The third kappa shape index (κ3) is 4.60. The minimum Gasteiger partial charge on any atom is -0.379 e. The number of benzene rings is 1. The van der Waals surface area contributed by atoms with E-state index in [-0.39, 0.29) is 23.7 Å². The Hall–Kier alpha value is -2.83. The van der Waals surface area contributed by atoms with Gasteiger partial charge in [0.25, 0.3) is 5.69 Å². The number of hydrogen-bond donors (Lipinski definition) is 0. The number of non-ortho nitro benzene ring substituents is 1. The average Bonchev–Trinajstić information content (AvgIpc) is 3.06. The first-order valence-electron chi connectivity index (χ1n) is 10.1. The first-order chi connectivity index (χ1) is 15.0. The number of morpholine rings is 1. The molecule has 0 N–H and O–H groups in total. The predicted octanol–water partition coefficient (Wildman–Crippen LogP) is 1.12. The normalized spacial score (nSPS) is 18.6. The fourth-order valence-electron chi connectivity index (χ4n) is 3.82. The number of sulfonamides is 1. The highest BCUT2D eigenvalue weighted by atomic mass is 32.2. The monoisotopic (exact) mass is 448 g/mol. The SMILES string of the molecule is O=[N+]([O-])c1ccc(N2CCCN(c3ncccn3)CC2)c(S(=O)(=O)N2CCOCC2)c1. The van der Waals surface area contributed by atoms with Crippen molar-refractivity contribution in [3.63, 3.8) is 0 Å². The van der Waals surface area contributed by atoms with Crippen LogP contribution in [0.1, 0.15) is 6.42 Å². The van der Waals surface area contributed by atoms with Crippen LogP contribution in [0, 0.1) is 10.1 Å². The highest BCUT2D eigenvalue weighted by Gasteiger charge is 2.32. The minimum absolute atomic E-state index is 0.0342. The van der Waals surface area contributed by atoms with Crippen molar-refractivity contribution in [2.45, 2.75) is 11.3 Å². The lowest BCUT2D eigenvalue weighted by atomic mass is 10.2. The number of rotatable bonds is 5. The van der Waals surface area contributed by atoms with Crippen LogP contribution < -0.4 is 9.80 Å². The van der Waals surface area contributed by atoms with Gasteiger partial charge in [-0.1, -0.05) is 0 Å². The number of nitrogens with zero attached hydrogens (tertiary/aromatic N) is 6. The third-order valence-electron chi connectivity index (χ3n) is 5.41. The Bertz CT molecular complexity index is 1030. The van der Waals surface area contributed by atoms with Gasteiger partial charge in [-0.2, -0.15) is 4.31 Å². The molecule has 12 heteroatoms. The molecule has 0 radical (unpaired) electrons. The van der Waals surface area contributed by atoms with Crippen LogP contribution in [0.5, 0.6) is 0 Å². The van der Waals surface area contributed by atoms with Crippen LogP contribution in [0.4, 0.5) is 17.3 Å². The van der Waals surface area contributed by atoms with Gasteiger partial charge in [0.05, 0.1) is 23.8 Å². The van der Waals surface area contributed by atoms with Crippen molar-refractivity contribution in [2.75, 3.05) is 62.3 Å². The maximum atomic E-state index is 13.4. The number of anilines is 2. The summed E-state index contributed by atoms with van der Waals surface area (Å²) in [5, 5.41) is 11.3. The van der Waals surface area contributed by atoms with Gasteiger partial charge in [-0.3, -0.25) is 10.1 Å². The molecule has 2 fully saturated rings. The second-order valence-electron chi connectivity index (χ2n) is 7.30. The van der Waals surface area contributed by atoms with E-state index in [1.54, 1.807) is 24.5 Å². The standard InChI is InChI=1S/C19H24N6O5S/c26-25(27)16-3-4-17(18(15-16)31(28,29)24-11-13-30-14-12-24)22-7-2-8-23(10-9-22)19-20-5-1-6-21-19/h1,3-6,15H,2,7-14H2. The molecule has 2 aromatic rings. The molecule has 4 rings (SSSR count). The molecule has 2 saturated heterocycles. The lowest BCUT2D eigenvalue weighted by molar-refractivity contribution is -0.385. The minimum atomic E-state index is -3.91. The molecule has 0 bridgehead atoms. The molecule has 11 nitrogen and oxygen atoms in total. The first kappa shape index (κ1) is 21.4. The van der Waals surface area contributed by atoms with Crippen LogP contribution in [0.3, 0.4) is 0 Å². The van der Waals surface area contributed by atoms with Gasteiger partial charge in [-0.25, -0.2) is 18.4 Å². The van der Waals surface area contributed by atoms with Crippen molar-refractivity contribution in [3.8, 4) is 0 Å². The molecule has 0 unspecified atom stereocenters. The zero-order valence-electron chi connectivity index (χ0n) is 17.0. The molecule has 166 valence electrons. The Kier molecular flexibility index (Phi) is 6.30. The fraction of sp³-hybridized carbons (Fsp3) is 0.474. The summed E-state index contributed by atoms with van der Waals surface area (Å²) in [4.78, 5) is 23.4. The molecule has 1 aromatic carbocycles. The van der Waals surface area contributed by atoms with E-state index in [2.05, 4.69) is 14.9 Å². The number of hydrogen-bond acceptors (Lipinski definition) is 9. The molecule has 0 saturated carbocycles. The van der Waals surface area contributed by atoms with E-state index in [1.807, 2.05) is 4.90 Å². The molecule has 0 spiro atoms. The van der Waals surface area contributed by atoms with E-state index in [0.717, 1.165) is 13.0 Å². The molecule has 1 aromatic heterocycles. The van der Waals surface area contributed by atoms with E-state index < -0.39 is 14.9 Å². The van der Waals surface area contributed by atoms with Gasteiger partial charge in [-0.05, 0) is 18.6 Å². The molecule has 3 heterocycles. The van der Waals surface area contributed by atoms with E-state index >= 15 is 0 Å². The van der Waals surface area contributed by atoms with E-state index in [9.17, 15) is 18.5 Å². The van der Waals surface area contributed by atoms with Gasteiger partial charge < -0.3 is 14.5 Å². The Labute approximate surface area is 180 Å². The van der Waals surface area contributed by atoms with Crippen LogP contribution in [0.2, 0.25) is 0 Å². The fourth-order valence-corrected chi connectivity index (χ4v) is 5.46. The van der Waals surface area contributed by atoms with Gasteiger partial charge in [0.15, 0.2) is 0 Å². The second-order valence-corrected chi connectivity index (χ2v) is 9.21. The number of aromatic nitrogens is 2. The molecular formula is C19H24N6O5S. The first-order valence-corrected chi connectivity index (χ1v) is 11.5. The number of nitro groups is 1. The van der Waals surface area contributed by atoms with Crippen LogP contribution in [0.15, 0.2) is 41.6 Å². The number of ether oxygens (including phenoxy) is 1. The van der Waals surface area contributed by atoms with E-state index in [4.69, 9.17) is 4.74 Å². The summed E-state index contributed by atoms with van der Waals surface area (Å²) in [5.74, 6) is 0.634. The molecule has 31 heavy (non-hydrogen) atoms. The lowest BCUT2D eigenvalue weighted by Crippen LogP contribution is -2.41. The van der Waals surface area contributed by atoms with Gasteiger partial charge in [0.1, 0.15) is 4.90 Å². The van der Waals surface area contributed by atoms with Crippen molar-refractivity contribution in [1.82, 2.24) is 14.3 Å². The van der Waals surface area contributed by atoms with Gasteiger partial charge in [-0.15, -0.1) is 0 Å². The molecular weight excluding hydrogens is 424 g/mol. The number of nitro benzene ring substituents is 1. The van der Waals surface area contributed by atoms with Crippen LogP contribution in [-0.2, 0) is 14.8 Å². The average molecular weight is 449 g/mol. The Morgan fingerprint density at radius 1 is 0.968 bits per heavy atom. The zero-order chi connectivity index (χ0) is 21.8. The Morgan fingerprint density at radius 3 is 2.35 bits per heavy atom. The Balaban J connectivity index is 1.65. The third-order valence-corrected chi connectivity index (χ3v) is 7.34. The summed E-state index contributed by atoms with van der Waals surface area (Å²) < 4.78 is 33.4. The van der Waals surface area contributed by atoms with Gasteiger partial charge in [0, 0.05) is 63.8 Å². The van der Waals surface area contributed by atoms with Crippen LogP contribution >= 0.6 is 0 Å². The van der Waals surface area contributed by atoms with Crippen molar-refractivity contribution >= 4 is 27.3 Å². The summed E-state index contributed by atoms with van der Waals surface area (Å²) in [6.07, 6.45) is 4.15. The maximum absolute atomic E-state index is 13.4. The van der Waals surface area contributed by atoms with Crippen molar-refractivity contribution in [2.24, 2.45) is 0 Å². The quantitative estimate of drug-likeness (QED) is 0.489. The van der Waals surface area contributed by atoms with E-state index in [0.29, 0.717) is 44.5 Å². The van der Waals surface area contributed by atoms with Crippen molar-refractivity contribution in [1.29, 1.82) is 0 Å². The largest absolute Gasteiger partial charge is 0.379 e. The zero-order valence-corrected chi connectivity index (χ0v) is 17.8. The summed E-state index contributed by atoms with van der Waals surface area (Å²) in [6.45, 7) is 3.57. The predicted molar refractivity (Wildman–Crippen MR) is 114 cm³/mol. The summed E-state index contributed by atoms with van der Waals surface area (Å²) >= 11 is 0. The van der Waals surface area contributed by atoms with E-state index in [1.165, 1.54) is 16.4 Å². The highest BCUT2D eigenvalue weighted by molar-refractivity contribution is 7.89. The topological polar surface area (TPSA) is 122 Å². The van der Waals surface area contributed by atoms with Crippen LogP contribution in [0.25, 0.3) is 0 Å². The van der Waals surface area contributed by atoms with Crippen LogP contribution in [-0.4, -0.2) is 80.1 Å². The lowest BCUT2D eigenvalue weighted by Gasteiger charge is -2.30. The smallest absolute Gasteiger partial charge is 0.270 e. The van der Waals surface area contributed by atoms with Crippen molar-refractivity contribution < 1.29 is 18.1 Å². The second kappa shape index (κ2) is 9.12.